The summed E-state index contributed by atoms with van der Waals surface area (Å²) in [5.74, 6) is -1.07. The Hall–Kier alpha value is -2.27. The number of nitriles is 1. The second kappa shape index (κ2) is 8.17. The van der Waals surface area contributed by atoms with E-state index in [4.69, 9.17) is 17.3 Å². The number of benzene rings is 2. The zero-order chi connectivity index (χ0) is 19.6. The maximum Gasteiger partial charge on any atom is 0.262 e. The molecule has 0 aliphatic carbocycles. The highest BCUT2D eigenvalue weighted by Crippen LogP contribution is 2.42. The van der Waals surface area contributed by atoms with Crippen molar-refractivity contribution in [2.24, 2.45) is 5.73 Å². The first kappa shape index (κ1) is 19.5. The first-order valence-electron chi connectivity index (χ1n) is 7.85. The molecule has 1 unspecified atom stereocenters. The van der Waals surface area contributed by atoms with Crippen LogP contribution in [0.2, 0.25) is 5.02 Å². The van der Waals surface area contributed by atoms with E-state index in [1.165, 1.54) is 16.7 Å². The summed E-state index contributed by atoms with van der Waals surface area (Å²) in [6, 6.07) is 16.1. The van der Waals surface area contributed by atoms with Gasteiger partial charge in [0.05, 0.1) is 5.25 Å². The minimum atomic E-state index is -0.859. The summed E-state index contributed by atoms with van der Waals surface area (Å²) in [4.78, 5) is 26.2. The van der Waals surface area contributed by atoms with Crippen LogP contribution < -0.4 is 10.6 Å². The minimum Gasteiger partial charge on any atom is -0.365 e. The highest BCUT2D eigenvalue weighted by molar-refractivity contribution is 9.10. The first-order chi connectivity index (χ1) is 12.9. The summed E-state index contributed by atoms with van der Waals surface area (Å²) < 4.78 is 0.851. The number of primary amides is 1. The number of thioether (sulfide) groups is 1. The van der Waals surface area contributed by atoms with Gasteiger partial charge in [0.1, 0.15) is 16.7 Å². The molecule has 2 N–H and O–H groups in total. The van der Waals surface area contributed by atoms with Gasteiger partial charge in [0.25, 0.3) is 5.91 Å². The molecule has 1 atom stereocenters. The Kier molecular flexibility index (Phi) is 5.90. The van der Waals surface area contributed by atoms with Crippen LogP contribution in [0.1, 0.15) is 5.56 Å². The predicted molar refractivity (Wildman–Crippen MR) is 110 cm³/mol. The van der Waals surface area contributed by atoms with Gasteiger partial charge in [-0.05, 0) is 48.4 Å². The minimum absolute atomic E-state index is 0.207. The summed E-state index contributed by atoms with van der Waals surface area (Å²) in [5, 5.41) is 9.77. The molecule has 0 spiro atoms. The molecule has 5 nitrogen and oxygen atoms in total. The third kappa shape index (κ3) is 4.19. The molecule has 0 bridgehead atoms. The van der Waals surface area contributed by atoms with E-state index in [9.17, 15) is 14.9 Å². The van der Waals surface area contributed by atoms with Gasteiger partial charge in [-0.2, -0.15) is 5.26 Å². The molecule has 1 aliphatic heterocycles. The molecular weight excluding hydrogens is 450 g/mol. The van der Waals surface area contributed by atoms with Gasteiger partial charge in [0.2, 0.25) is 5.91 Å². The van der Waals surface area contributed by atoms with Crippen molar-refractivity contribution in [3.8, 4) is 6.07 Å². The van der Waals surface area contributed by atoms with Crippen LogP contribution in [0.4, 0.5) is 5.69 Å². The number of hydrogen-bond acceptors (Lipinski definition) is 4. The van der Waals surface area contributed by atoms with Crippen LogP contribution >= 0.6 is 39.3 Å². The van der Waals surface area contributed by atoms with Gasteiger partial charge in [-0.15, -0.1) is 0 Å². The van der Waals surface area contributed by atoms with Crippen molar-refractivity contribution in [3.05, 3.63) is 74.2 Å². The zero-order valence-electron chi connectivity index (χ0n) is 13.9. The zero-order valence-corrected chi connectivity index (χ0v) is 17.0. The quantitative estimate of drug-likeness (QED) is 0.549. The number of nitrogens with zero attached hydrogens (tertiary/aromatic N) is 2. The Morgan fingerprint density at radius 2 is 1.85 bits per heavy atom. The highest BCUT2D eigenvalue weighted by atomic mass is 79.9. The number of hydrogen-bond donors (Lipinski definition) is 1. The largest absolute Gasteiger partial charge is 0.365 e. The molecule has 2 amide bonds. The molecule has 136 valence electrons. The molecule has 8 heteroatoms. The van der Waals surface area contributed by atoms with E-state index in [0.29, 0.717) is 17.1 Å². The molecule has 1 heterocycles. The molecule has 27 heavy (non-hydrogen) atoms. The average Bonchev–Trinajstić information content (AvgIpc) is 2.94. The van der Waals surface area contributed by atoms with Gasteiger partial charge in [-0.3, -0.25) is 14.5 Å². The van der Waals surface area contributed by atoms with Crippen LogP contribution in [0.3, 0.4) is 0 Å². The molecule has 2 aromatic rings. The summed E-state index contributed by atoms with van der Waals surface area (Å²) in [6.07, 6.45) is 0.439. The van der Waals surface area contributed by atoms with Crippen molar-refractivity contribution in [2.75, 3.05) is 4.90 Å². The highest BCUT2D eigenvalue weighted by Gasteiger charge is 2.40. The van der Waals surface area contributed by atoms with E-state index in [1.807, 2.05) is 18.2 Å². The van der Waals surface area contributed by atoms with Crippen molar-refractivity contribution in [2.45, 2.75) is 11.7 Å². The number of halogens is 2. The normalized spacial score (nSPS) is 18.3. The predicted octanol–water partition coefficient (Wildman–Crippen LogP) is 4.01. The number of rotatable bonds is 4. The van der Waals surface area contributed by atoms with Crippen LogP contribution in [0, 0.1) is 11.3 Å². The molecular formula is C19H13BrClN3O2S. The van der Waals surface area contributed by atoms with Crippen molar-refractivity contribution in [1.82, 2.24) is 0 Å². The van der Waals surface area contributed by atoms with Gasteiger partial charge >= 0.3 is 0 Å². The third-order valence-corrected chi connectivity index (χ3v) is 5.99. The van der Waals surface area contributed by atoms with Gasteiger partial charge in [0, 0.05) is 15.2 Å². The van der Waals surface area contributed by atoms with Crippen molar-refractivity contribution < 1.29 is 9.59 Å². The lowest BCUT2D eigenvalue weighted by Crippen LogP contribution is -2.31. The molecule has 0 radical (unpaired) electrons. The van der Waals surface area contributed by atoms with Crippen molar-refractivity contribution in [3.63, 3.8) is 0 Å². The van der Waals surface area contributed by atoms with E-state index < -0.39 is 11.2 Å². The topological polar surface area (TPSA) is 87.2 Å². The van der Waals surface area contributed by atoms with Crippen LogP contribution in [-0.2, 0) is 16.0 Å². The Morgan fingerprint density at radius 3 is 2.41 bits per heavy atom. The fraction of sp³-hybridized carbons (Fsp3) is 0.105. The summed E-state index contributed by atoms with van der Waals surface area (Å²) in [7, 11) is 0. The van der Waals surface area contributed by atoms with Crippen LogP contribution in [0.5, 0.6) is 0 Å². The smallest absolute Gasteiger partial charge is 0.262 e. The number of carbonyl (C=O) groups excluding carboxylic acids is 2. The molecule has 1 fully saturated rings. The van der Waals surface area contributed by atoms with E-state index in [0.717, 1.165) is 10.0 Å². The molecule has 1 aliphatic rings. The number of anilines is 1. The second-order valence-corrected chi connectivity index (χ2v) is 8.29. The lowest BCUT2D eigenvalue weighted by molar-refractivity contribution is -0.117. The van der Waals surface area contributed by atoms with Crippen molar-refractivity contribution in [1.29, 1.82) is 5.26 Å². The van der Waals surface area contributed by atoms with Crippen molar-refractivity contribution >= 4 is 56.8 Å². The van der Waals surface area contributed by atoms with Gasteiger partial charge in [0.15, 0.2) is 0 Å². The number of carbonyl (C=O) groups is 2. The standard InChI is InChI=1S/C19H13BrClN3O2S/c20-12-3-7-14(8-4-12)24-18(26)16(9-11-1-5-13(21)6-2-11)27-19(24)15(10-22)17(23)25/h1-8,16H,9H2,(H2,23,25)/b19-15-. The SMILES string of the molecule is N#C/C(C(N)=O)=C1/SC(Cc2ccc(Cl)cc2)C(=O)N1c1ccc(Br)cc1. The van der Waals surface area contributed by atoms with Gasteiger partial charge in [-0.25, -0.2) is 0 Å². The summed E-state index contributed by atoms with van der Waals surface area (Å²) >= 11 is 10.4. The summed E-state index contributed by atoms with van der Waals surface area (Å²) in [5.41, 5.74) is 6.63. The molecule has 3 rings (SSSR count). The molecule has 0 saturated carbocycles. The Balaban J connectivity index is 2.01. The maximum atomic E-state index is 13.1. The Morgan fingerprint density at radius 1 is 1.22 bits per heavy atom. The number of nitrogens with two attached hydrogens (primary N) is 1. The number of amides is 2. The van der Waals surface area contributed by atoms with E-state index in [1.54, 1.807) is 36.4 Å². The van der Waals surface area contributed by atoms with Crippen LogP contribution in [0.25, 0.3) is 0 Å². The van der Waals surface area contributed by atoms with E-state index in [2.05, 4.69) is 15.9 Å². The average molecular weight is 463 g/mol. The monoisotopic (exact) mass is 461 g/mol. The lowest BCUT2D eigenvalue weighted by Gasteiger charge is -2.18. The van der Waals surface area contributed by atoms with E-state index >= 15 is 0 Å². The fourth-order valence-electron chi connectivity index (χ4n) is 2.66. The van der Waals surface area contributed by atoms with Crippen LogP contribution in [0.15, 0.2) is 63.6 Å². The van der Waals surface area contributed by atoms with Gasteiger partial charge < -0.3 is 5.73 Å². The third-order valence-electron chi connectivity index (χ3n) is 3.94. The Labute approximate surface area is 173 Å². The first-order valence-corrected chi connectivity index (χ1v) is 9.90. The molecule has 0 aromatic heterocycles. The van der Waals surface area contributed by atoms with Crippen LogP contribution in [-0.4, -0.2) is 17.1 Å². The second-order valence-electron chi connectivity index (χ2n) is 5.74. The molecule has 2 aromatic carbocycles. The Bertz CT molecular complexity index is 968. The maximum absolute atomic E-state index is 13.1. The fourth-order valence-corrected chi connectivity index (χ4v) is 4.37. The van der Waals surface area contributed by atoms with E-state index in [-0.39, 0.29) is 16.5 Å². The molecule has 1 saturated heterocycles. The summed E-state index contributed by atoms with van der Waals surface area (Å²) in [6.45, 7) is 0. The van der Waals surface area contributed by atoms with Gasteiger partial charge in [-0.1, -0.05) is 51.4 Å². The lowest BCUT2D eigenvalue weighted by atomic mass is 10.1.